The van der Waals surface area contributed by atoms with Crippen LogP contribution in [-0.2, 0) is 10.0 Å². The number of aromatic nitrogens is 1. The van der Waals surface area contributed by atoms with Crippen LogP contribution in [0.5, 0.6) is 0 Å². The monoisotopic (exact) mass is 241 g/mol. The van der Waals surface area contributed by atoms with Gasteiger partial charge in [0, 0.05) is 12.7 Å². The summed E-state index contributed by atoms with van der Waals surface area (Å²) in [5.74, 6) is 0. The van der Waals surface area contributed by atoms with Crippen LogP contribution < -0.4 is 4.72 Å². The first-order valence-electron chi connectivity index (χ1n) is 4.50. The lowest BCUT2D eigenvalue weighted by Crippen LogP contribution is -2.31. The summed E-state index contributed by atoms with van der Waals surface area (Å²) in [5, 5.41) is 17.7. The van der Waals surface area contributed by atoms with Crippen LogP contribution in [0.25, 0.3) is 0 Å². The summed E-state index contributed by atoms with van der Waals surface area (Å²) in [7, 11) is -3.79. The summed E-state index contributed by atoms with van der Waals surface area (Å²) in [4.78, 5) is 3.47. The quantitative estimate of drug-likeness (QED) is 0.747. The van der Waals surface area contributed by atoms with Crippen molar-refractivity contribution in [2.45, 2.75) is 17.9 Å². The maximum absolute atomic E-state index is 11.7. The predicted molar refractivity (Wildman–Crippen MR) is 55.8 cm³/mol. The molecule has 0 aromatic carbocycles. The first-order valence-corrected chi connectivity index (χ1v) is 5.98. The van der Waals surface area contributed by atoms with Gasteiger partial charge < -0.3 is 5.11 Å². The van der Waals surface area contributed by atoms with E-state index < -0.39 is 16.1 Å². The Kier molecular flexibility index (Phi) is 3.95. The zero-order valence-electron chi connectivity index (χ0n) is 8.58. The largest absolute Gasteiger partial charge is 0.392 e. The van der Waals surface area contributed by atoms with E-state index in [0.29, 0.717) is 0 Å². The molecule has 2 N–H and O–H groups in total. The highest BCUT2D eigenvalue weighted by molar-refractivity contribution is 7.89. The Labute approximate surface area is 93.6 Å². The predicted octanol–water partition coefficient (Wildman–Crippen LogP) is -0.388. The summed E-state index contributed by atoms with van der Waals surface area (Å²) in [6.45, 7) is 1.35. The Morgan fingerprint density at radius 1 is 1.69 bits per heavy atom. The Balaban J connectivity index is 3.04. The van der Waals surface area contributed by atoms with Gasteiger partial charge in [0.25, 0.3) is 0 Å². The normalized spacial score (nSPS) is 13.1. The highest BCUT2D eigenvalue weighted by atomic mass is 32.2. The topological polar surface area (TPSA) is 103 Å². The molecule has 0 bridgehead atoms. The number of rotatable bonds is 4. The molecule has 16 heavy (non-hydrogen) atoms. The fourth-order valence-electron chi connectivity index (χ4n) is 0.999. The van der Waals surface area contributed by atoms with E-state index in [-0.39, 0.29) is 17.1 Å². The van der Waals surface area contributed by atoms with Gasteiger partial charge in [-0.05, 0) is 19.1 Å². The summed E-state index contributed by atoms with van der Waals surface area (Å²) in [5.41, 5.74) is -0.166. The van der Waals surface area contributed by atoms with E-state index in [9.17, 15) is 8.42 Å². The molecule has 0 saturated heterocycles. The van der Waals surface area contributed by atoms with Crippen LogP contribution >= 0.6 is 0 Å². The van der Waals surface area contributed by atoms with E-state index in [1.165, 1.54) is 25.3 Å². The maximum Gasteiger partial charge on any atom is 0.243 e. The van der Waals surface area contributed by atoms with Crippen molar-refractivity contribution in [2.75, 3.05) is 6.54 Å². The number of nitrogens with one attached hydrogen (secondary N) is 1. The maximum atomic E-state index is 11.7. The van der Waals surface area contributed by atoms with Crippen LogP contribution in [0.1, 0.15) is 12.6 Å². The molecule has 0 saturated carbocycles. The second kappa shape index (κ2) is 5.03. The van der Waals surface area contributed by atoms with Gasteiger partial charge in [0.15, 0.2) is 5.69 Å². The van der Waals surface area contributed by atoms with Gasteiger partial charge in [0.2, 0.25) is 10.0 Å². The molecule has 1 atom stereocenters. The zero-order chi connectivity index (χ0) is 12.2. The minimum Gasteiger partial charge on any atom is -0.392 e. The Bertz CT molecular complexity index is 505. The summed E-state index contributed by atoms with van der Waals surface area (Å²) in [6, 6.07) is 4.41. The molecule has 0 aliphatic heterocycles. The van der Waals surface area contributed by atoms with Crippen molar-refractivity contribution in [1.29, 1.82) is 5.26 Å². The number of sulfonamides is 1. The molecule has 86 valence electrons. The summed E-state index contributed by atoms with van der Waals surface area (Å²) >= 11 is 0. The molecule has 0 aliphatic rings. The number of nitriles is 1. The third kappa shape index (κ3) is 3.00. The van der Waals surface area contributed by atoms with Gasteiger partial charge in [-0.25, -0.2) is 18.1 Å². The fraction of sp³-hybridized carbons (Fsp3) is 0.333. The second-order valence-electron chi connectivity index (χ2n) is 3.16. The lowest BCUT2D eigenvalue weighted by molar-refractivity contribution is 0.198. The van der Waals surface area contributed by atoms with Crippen molar-refractivity contribution >= 4 is 10.0 Å². The van der Waals surface area contributed by atoms with Crippen molar-refractivity contribution < 1.29 is 13.5 Å². The van der Waals surface area contributed by atoms with Gasteiger partial charge in [-0.1, -0.05) is 0 Å². The van der Waals surface area contributed by atoms with E-state index in [0.717, 1.165) is 0 Å². The number of hydrogen-bond acceptors (Lipinski definition) is 5. The minimum absolute atomic E-state index is 0.109. The SMILES string of the molecule is CC(O)CNS(=O)(=O)c1cccnc1C#N. The third-order valence-corrected chi connectivity index (χ3v) is 3.19. The second-order valence-corrected chi connectivity index (χ2v) is 4.90. The van der Waals surface area contributed by atoms with Gasteiger partial charge >= 0.3 is 0 Å². The highest BCUT2D eigenvalue weighted by Gasteiger charge is 2.19. The van der Waals surface area contributed by atoms with Crippen molar-refractivity contribution in [1.82, 2.24) is 9.71 Å². The first-order chi connectivity index (χ1) is 7.47. The Morgan fingerprint density at radius 3 is 2.94 bits per heavy atom. The average Bonchev–Trinajstić information content (AvgIpc) is 2.26. The molecule has 1 aromatic heterocycles. The van der Waals surface area contributed by atoms with E-state index in [1.807, 2.05) is 0 Å². The lowest BCUT2D eigenvalue weighted by atomic mass is 10.4. The summed E-state index contributed by atoms with van der Waals surface area (Å²) in [6.07, 6.45) is 0.545. The van der Waals surface area contributed by atoms with Crippen molar-refractivity contribution in [3.05, 3.63) is 24.0 Å². The highest BCUT2D eigenvalue weighted by Crippen LogP contribution is 2.11. The van der Waals surface area contributed by atoms with E-state index >= 15 is 0 Å². The van der Waals surface area contributed by atoms with Crippen LogP contribution in [0.15, 0.2) is 23.2 Å². The molecule has 0 spiro atoms. The molecule has 1 unspecified atom stereocenters. The molecule has 1 heterocycles. The molecule has 0 fully saturated rings. The van der Waals surface area contributed by atoms with Crippen molar-refractivity contribution in [2.24, 2.45) is 0 Å². The number of aliphatic hydroxyl groups excluding tert-OH is 1. The van der Waals surface area contributed by atoms with Gasteiger partial charge in [-0.3, -0.25) is 0 Å². The van der Waals surface area contributed by atoms with Gasteiger partial charge in [-0.15, -0.1) is 0 Å². The number of nitrogens with zero attached hydrogens (tertiary/aromatic N) is 2. The molecule has 0 aliphatic carbocycles. The fourth-order valence-corrected chi connectivity index (χ4v) is 2.23. The summed E-state index contributed by atoms with van der Waals surface area (Å²) < 4.78 is 25.6. The van der Waals surface area contributed by atoms with Crippen molar-refractivity contribution in [3.63, 3.8) is 0 Å². The van der Waals surface area contributed by atoms with Crippen LogP contribution in [0.3, 0.4) is 0 Å². The molecule has 1 aromatic rings. The molecule has 1 rings (SSSR count). The number of hydrogen-bond donors (Lipinski definition) is 2. The molecule has 6 nitrogen and oxygen atoms in total. The molecule has 0 amide bonds. The van der Waals surface area contributed by atoms with Gasteiger partial charge in [-0.2, -0.15) is 5.26 Å². The number of pyridine rings is 1. The van der Waals surface area contributed by atoms with E-state index in [4.69, 9.17) is 10.4 Å². The van der Waals surface area contributed by atoms with Crippen LogP contribution in [0, 0.1) is 11.3 Å². The first kappa shape index (κ1) is 12.6. The zero-order valence-corrected chi connectivity index (χ0v) is 9.40. The average molecular weight is 241 g/mol. The lowest BCUT2D eigenvalue weighted by Gasteiger charge is -2.08. The van der Waals surface area contributed by atoms with E-state index in [2.05, 4.69) is 9.71 Å². The van der Waals surface area contributed by atoms with E-state index in [1.54, 1.807) is 6.07 Å². The van der Waals surface area contributed by atoms with Crippen LogP contribution in [0.2, 0.25) is 0 Å². The van der Waals surface area contributed by atoms with Gasteiger partial charge in [0.05, 0.1) is 6.10 Å². The van der Waals surface area contributed by atoms with Gasteiger partial charge in [0.1, 0.15) is 11.0 Å². The van der Waals surface area contributed by atoms with Crippen LogP contribution in [0.4, 0.5) is 0 Å². The van der Waals surface area contributed by atoms with Crippen molar-refractivity contribution in [3.8, 4) is 6.07 Å². The molecular weight excluding hydrogens is 230 g/mol. The molecule has 0 radical (unpaired) electrons. The standard InChI is InChI=1S/C9H11N3O3S/c1-7(13)6-12-16(14,15)9-3-2-4-11-8(9)5-10/h2-4,7,12-13H,6H2,1H3. The molecular formula is C9H11N3O3S. The Hall–Kier alpha value is -1.49. The number of aliphatic hydroxyl groups is 1. The molecule has 7 heteroatoms. The van der Waals surface area contributed by atoms with Crippen LogP contribution in [-0.4, -0.2) is 31.2 Å². The third-order valence-electron chi connectivity index (χ3n) is 1.73. The minimum atomic E-state index is -3.79. The Morgan fingerprint density at radius 2 is 2.38 bits per heavy atom. The smallest absolute Gasteiger partial charge is 0.243 e.